The monoisotopic (exact) mass is 362 g/mol. The van der Waals surface area contributed by atoms with E-state index in [9.17, 15) is 9.59 Å². The van der Waals surface area contributed by atoms with Gasteiger partial charge >= 0.3 is 6.09 Å². The van der Waals surface area contributed by atoms with Crippen LogP contribution in [0.3, 0.4) is 0 Å². The SMILES string of the molecule is CCCCOC(=O)N1CCN(C(=O)CCCOc2ccc(C)cc2)CC1. The third-order valence-corrected chi connectivity index (χ3v) is 4.44. The van der Waals surface area contributed by atoms with Crippen LogP contribution in [0.1, 0.15) is 38.2 Å². The maximum Gasteiger partial charge on any atom is 0.409 e. The van der Waals surface area contributed by atoms with Gasteiger partial charge in [-0.15, -0.1) is 0 Å². The molecule has 1 aliphatic heterocycles. The Kier molecular flexibility index (Phi) is 8.25. The molecule has 6 heteroatoms. The van der Waals surface area contributed by atoms with Gasteiger partial charge in [-0.1, -0.05) is 31.0 Å². The smallest absolute Gasteiger partial charge is 0.409 e. The fraction of sp³-hybridized carbons (Fsp3) is 0.600. The highest BCUT2D eigenvalue weighted by Crippen LogP contribution is 2.12. The molecule has 2 amide bonds. The second kappa shape index (κ2) is 10.7. The molecule has 1 aromatic rings. The molecule has 1 heterocycles. The summed E-state index contributed by atoms with van der Waals surface area (Å²) in [6.07, 6.45) is 2.77. The van der Waals surface area contributed by atoms with Crippen LogP contribution in [0.25, 0.3) is 0 Å². The van der Waals surface area contributed by atoms with Crippen LogP contribution < -0.4 is 4.74 Å². The first-order valence-corrected chi connectivity index (χ1v) is 9.49. The van der Waals surface area contributed by atoms with E-state index in [0.29, 0.717) is 52.2 Å². The number of carbonyl (C=O) groups excluding carboxylic acids is 2. The van der Waals surface area contributed by atoms with Crippen LogP contribution in [-0.2, 0) is 9.53 Å². The lowest BCUT2D eigenvalue weighted by atomic mass is 10.2. The van der Waals surface area contributed by atoms with Crippen molar-refractivity contribution in [2.24, 2.45) is 0 Å². The number of rotatable bonds is 8. The van der Waals surface area contributed by atoms with E-state index in [4.69, 9.17) is 9.47 Å². The van der Waals surface area contributed by atoms with E-state index >= 15 is 0 Å². The summed E-state index contributed by atoms with van der Waals surface area (Å²) in [5.41, 5.74) is 1.20. The molecule has 0 spiro atoms. The Morgan fingerprint density at radius 2 is 1.62 bits per heavy atom. The first-order chi connectivity index (χ1) is 12.6. The number of benzene rings is 1. The summed E-state index contributed by atoms with van der Waals surface area (Å²) in [6.45, 7) is 7.30. The van der Waals surface area contributed by atoms with E-state index in [1.807, 2.05) is 36.1 Å². The van der Waals surface area contributed by atoms with Crippen LogP contribution in [0.5, 0.6) is 5.75 Å². The maximum atomic E-state index is 12.3. The molecule has 0 unspecified atom stereocenters. The van der Waals surface area contributed by atoms with Gasteiger partial charge in [0.15, 0.2) is 0 Å². The van der Waals surface area contributed by atoms with Crippen LogP contribution in [-0.4, -0.2) is 61.2 Å². The molecular formula is C20H30N2O4. The third-order valence-electron chi connectivity index (χ3n) is 4.44. The molecule has 0 radical (unpaired) electrons. The van der Waals surface area contributed by atoms with E-state index in [1.165, 1.54) is 5.56 Å². The average Bonchev–Trinajstić information content (AvgIpc) is 2.66. The Bertz CT molecular complexity index is 566. The van der Waals surface area contributed by atoms with Crippen molar-refractivity contribution >= 4 is 12.0 Å². The van der Waals surface area contributed by atoms with Gasteiger partial charge in [-0.2, -0.15) is 0 Å². The summed E-state index contributed by atoms with van der Waals surface area (Å²) in [5.74, 6) is 0.953. The number of nitrogens with zero attached hydrogens (tertiary/aromatic N) is 2. The fourth-order valence-electron chi connectivity index (χ4n) is 2.74. The lowest BCUT2D eigenvalue weighted by Gasteiger charge is -2.34. The number of amides is 2. The summed E-state index contributed by atoms with van der Waals surface area (Å²) in [5, 5.41) is 0. The van der Waals surface area contributed by atoms with Crippen molar-refractivity contribution in [2.45, 2.75) is 39.5 Å². The van der Waals surface area contributed by atoms with Gasteiger partial charge < -0.3 is 19.3 Å². The van der Waals surface area contributed by atoms with Gasteiger partial charge in [0.2, 0.25) is 5.91 Å². The minimum Gasteiger partial charge on any atom is -0.494 e. The Balaban J connectivity index is 1.60. The summed E-state index contributed by atoms with van der Waals surface area (Å²) in [6, 6.07) is 7.90. The maximum absolute atomic E-state index is 12.3. The molecule has 144 valence electrons. The number of hydrogen-bond donors (Lipinski definition) is 0. The van der Waals surface area contributed by atoms with Gasteiger partial charge in [-0.25, -0.2) is 4.79 Å². The predicted octanol–water partition coefficient (Wildman–Crippen LogP) is 3.23. The largest absolute Gasteiger partial charge is 0.494 e. The first kappa shape index (κ1) is 20.1. The van der Waals surface area contributed by atoms with Gasteiger partial charge in [0.05, 0.1) is 13.2 Å². The molecule has 0 N–H and O–H groups in total. The molecule has 6 nitrogen and oxygen atoms in total. The summed E-state index contributed by atoms with van der Waals surface area (Å²) in [7, 11) is 0. The highest BCUT2D eigenvalue weighted by atomic mass is 16.6. The van der Waals surface area contributed by atoms with E-state index < -0.39 is 0 Å². The van der Waals surface area contributed by atoms with Crippen LogP contribution in [0.4, 0.5) is 4.79 Å². The van der Waals surface area contributed by atoms with E-state index in [1.54, 1.807) is 4.90 Å². The summed E-state index contributed by atoms with van der Waals surface area (Å²) in [4.78, 5) is 27.7. The second-order valence-corrected chi connectivity index (χ2v) is 6.60. The zero-order valence-corrected chi connectivity index (χ0v) is 15.9. The molecule has 1 aliphatic rings. The van der Waals surface area contributed by atoms with Crippen LogP contribution in [0, 0.1) is 6.92 Å². The highest BCUT2D eigenvalue weighted by Gasteiger charge is 2.24. The van der Waals surface area contributed by atoms with Gasteiger partial charge in [-0.3, -0.25) is 4.79 Å². The van der Waals surface area contributed by atoms with Gasteiger partial charge in [0, 0.05) is 32.6 Å². The van der Waals surface area contributed by atoms with Crippen molar-refractivity contribution in [1.29, 1.82) is 0 Å². The normalized spacial score (nSPS) is 14.2. The van der Waals surface area contributed by atoms with Crippen molar-refractivity contribution in [2.75, 3.05) is 39.4 Å². The van der Waals surface area contributed by atoms with Crippen molar-refractivity contribution in [3.8, 4) is 5.75 Å². The first-order valence-electron chi connectivity index (χ1n) is 9.49. The van der Waals surface area contributed by atoms with Gasteiger partial charge in [0.25, 0.3) is 0 Å². The second-order valence-electron chi connectivity index (χ2n) is 6.60. The van der Waals surface area contributed by atoms with Crippen molar-refractivity contribution in [3.05, 3.63) is 29.8 Å². The standard InChI is InChI=1S/C20H30N2O4/c1-3-4-15-26-20(24)22-13-11-21(12-14-22)19(23)6-5-16-25-18-9-7-17(2)8-10-18/h7-10H,3-6,11-16H2,1-2H3. The molecule has 0 bridgehead atoms. The van der Waals surface area contributed by atoms with Gasteiger partial charge in [-0.05, 0) is 31.9 Å². The molecule has 2 rings (SSSR count). The third kappa shape index (κ3) is 6.58. The van der Waals surface area contributed by atoms with Gasteiger partial charge in [0.1, 0.15) is 5.75 Å². The van der Waals surface area contributed by atoms with E-state index in [2.05, 4.69) is 6.92 Å². The minimum absolute atomic E-state index is 0.122. The number of aryl methyl sites for hydroxylation is 1. The molecule has 1 saturated heterocycles. The van der Waals surface area contributed by atoms with Crippen molar-refractivity contribution in [1.82, 2.24) is 9.80 Å². The Morgan fingerprint density at radius 1 is 0.962 bits per heavy atom. The number of piperazine rings is 1. The molecule has 0 saturated carbocycles. The van der Waals surface area contributed by atoms with Crippen LogP contribution in [0.2, 0.25) is 0 Å². The number of carbonyl (C=O) groups is 2. The Labute approximate surface area is 156 Å². The fourth-order valence-corrected chi connectivity index (χ4v) is 2.74. The zero-order valence-electron chi connectivity index (χ0n) is 15.9. The predicted molar refractivity (Wildman–Crippen MR) is 100 cm³/mol. The number of ether oxygens (including phenoxy) is 2. The lowest BCUT2D eigenvalue weighted by molar-refractivity contribution is -0.133. The van der Waals surface area contributed by atoms with E-state index in [0.717, 1.165) is 18.6 Å². The summed E-state index contributed by atoms with van der Waals surface area (Å²) >= 11 is 0. The van der Waals surface area contributed by atoms with Crippen molar-refractivity contribution in [3.63, 3.8) is 0 Å². The van der Waals surface area contributed by atoms with E-state index in [-0.39, 0.29) is 12.0 Å². The molecule has 1 aromatic carbocycles. The number of unbranched alkanes of at least 4 members (excludes halogenated alkanes) is 1. The molecule has 1 fully saturated rings. The molecule has 0 atom stereocenters. The van der Waals surface area contributed by atoms with Crippen LogP contribution in [0.15, 0.2) is 24.3 Å². The molecule has 26 heavy (non-hydrogen) atoms. The molecular weight excluding hydrogens is 332 g/mol. The summed E-state index contributed by atoms with van der Waals surface area (Å²) < 4.78 is 10.9. The minimum atomic E-state index is -0.267. The molecule has 0 aromatic heterocycles. The zero-order chi connectivity index (χ0) is 18.8. The quantitative estimate of drug-likeness (QED) is 0.666. The highest BCUT2D eigenvalue weighted by molar-refractivity contribution is 5.76. The Hall–Kier alpha value is -2.24. The topological polar surface area (TPSA) is 59.1 Å². The molecule has 0 aliphatic carbocycles. The lowest BCUT2D eigenvalue weighted by Crippen LogP contribution is -2.50. The Morgan fingerprint density at radius 3 is 2.27 bits per heavy atom. The van der Waals surface area contributed by atoms with Crippen LogP contribution >= 0.6 is 0 Å². The average molecular weight is 362 g/mol. The van der Waals surface area contributed by atoms with Crippen molar-refractivity contribution < 1.29 is 19.1 Å². The number of hydrogen-bond acceptors (Lipinski definition) is 4.